The monoisotopic (exact) mass is 400 g/mol. The molecule has 0 radical (unpaired) electrons. The summed E-state index contributed by atoms with van der Waals surface area (Å²) >= 11 is 1.42. The Balaban J connectivity index is 1.53. The maximum atomic E-state index is 12.3. The zero-order valence-corrected chi connectivity index (χ0v) is 17.5. The second-order valence-corrected chi connectivity index (χ2v) is 8.36. The second kappa shape index (κ2) is 9.78. The lowest BCUT2D eigenvalue weighted by Gasteiger charge is -2.35. The van der Waals surface area contributed by atoms with Crippen molar-refractivity contribution in [1.82, 2.24) is 9.97 Å². The van der Waals surface area contributed by atoms with E-state index < -0.39 is 0 Å². The Hall–Kier alpha value is -2.28. The summed E-state index contributed by atoms with van der Waals surface area (Å²) in [5.41, 5.74) is 0.758. The lowest BCUT2D eigenvalue weighted by atomic mass is 9.92. The van der Waals surface area contributed by atoms with Gasteiger partial charge in [0.25, 0.3) is 0 Å². The summed E-state index contributed by atoms with van der Waals surface area (Å²) in [6.45, 7) is 9.17. The van der Waals surface area contributed by atoms with Crippen molar-refractivity contribution in [2.45, 2.75) is 32.2 Å². The van der Waals surface area contributed by atoms with Crippen molar-refractivity contribution in [2.24, 2.45) is 11.8 Å². The largest absolute Gasteiger partial charge is 0.494 e. The van der Waals surface area contributed by atoms with Crippen LogP contribution in [0.1, 0.15) is 27.2 Å². The molecule has 7 heteroatoms. The first-order valence-electron chi connectivity index (χ1n) is 9.76. The van der Waals surface area contributed by atoms with Crippen LogP contribution in [0.2, 0.25) is 0 Å². The number of hydrogen-bond acceptors (Lipinski definition) is 6. The molecule has 0 saturated carbocycles. The molecule has 2 atom stereocenters. The number of amides is 1. The average Bonchev–Trinajstić information content (AvgIpc) is 2.68. The van der Waals surface area contributed by atoms with Gasteiger partial charge < -0.3 is 15.0 Å². The highest BCUT2D eigenvalue weighted by Crippen LogP contribution is 2.27. The van der Waals surface area contributed by atoms with E-state index >= 15 is 0 Å². The van der Waals surface area contributed by atoms with Crippen LogP contribution in [0, 0.1) is 11.8 Å². The highest BCUT2D eigenvalue weighted by Gasteiger charge is 2.23. The van der Waals surface area contributed by atoms with Crippen LogP contribution in [0.4, 0.5) is 11.5 Å². The van der Waals surface area contributed by atoms with E-state index in [4.69, 9.17) is 4.74 Å². The number of thioether (sulfide) groups is 1. The molecule has 2 aromatic rings. The van der Waals surface area contributed by atoms with Crippen molar-refractivity contribution in [1.29, 1.82) is 0 Å². The minimum Gasteiger partial charge on any atom is -0.494 e. The van der Waals surface area contributed by atoms with Gasteiger partial charge in [-0.15, -0.1) is 0 Å². The van der Waals surface area contributed by atoms with Crippen LogP contribution in [0.3, 0.4) is 0 Å². The number of nitrogens with zero attached hydrogens (tertiary/aromatic N) is 3. The summed E-state index contributed by atoms with van der Waals surface area (Å²) in [6, 6.07) is 9.37. The van der Waals surface area contributed by atoms with E-state index in [1.807, 2.05) is 37.3 Å². The zero-order valence-electron chi connectivity index (χ0n) is 16.7. The summed E-state index contributed by atoms with van der Waals surface area (Å²) in [5, 5.41) is 3.72. The number of hydrogen-bond donors (Lipinski definition) is 1. The molecule has 1 aromatic heterocycles. The van der Waals surface area contributed by atoms with E-state index in [2.05, 4.69) is 34.0 Å². The number of aromatic nitrogens is 2. The quantitative estimate of drug-likeness (QED) is 0.558. The van der Waals surface area contributed by atoms with Gasteiger partial charge in [0.15, 0.2) is 0 Å². The molecule has 0 aliphatic carbocycles. The second-order valence-electron chi connectivity index (χ2n) is 7.36. The van der Waals surface area contributed by atoms with E-state index in [1.165, 1.54) is 18.2 Å². The maximum Gasteiger partial charge on any atom is 0.234 e. The van der Waals surface area contributed by atoms with E-state index in [9.17, 15) is 4.79 Å². The normalized spacial score (nSPS) is 19.3. The molecule has 6 nitrogen and oxygen atoms in total. The van der Waals surface area contributed by atoms with Crippen LogP contribution in [0.5, 0.6) is 5.75 Å². The Bertz CT molecular complexity index is 774. The Labute approximate surface area is 171 Å². The molecular weight excluding hydrogens is 372 g/mol. The van der Waals surface area contributed by atoms with Crippen molar-refractivity contribution < 1.29 is 9.53 Å². The van der Waals surface area contributed by atoms with Crippen molar-refractivity contribution in [3.63, 3.8) is 0 Å². The third kappa shape index (κ3) is 5.86. The molecule has 1 aromatic carbocycles. The van der Waals surface area contributed by atoms with Crippen LogP contribution < -0.4 is 15.0 Å². The molecular formula is C21H28N4O2S. The summed E-state index contributed by atoms with van der Waals surface area (Å²) in [6.07, 6.45) is 2.85. The van der Waals surface area contributed by atoms with Gasteiger partial charge in [-0.25, -0.2) is 9.97 Å². The molecule has 1 aliphatic rings. The van der Waals surface area contributed by atoms with Gasteiger partial charge in [-0.1, -0.05) is 25.6 Å². The number of benzene rings is 1. The van der Waals surface area contributed by atoms with Crippen molar-refractivity contribution >= 4 is 29.2 Å². The Kier molecular flexibility index (Phi) is 7.14. The highest BCUT2D eigenvalue weighted by molar-refractivity contribution is 7.99. The molecule has 1 aliphatic heterocycles. The first-order chi connectivity index (χ1) is 13.5. The van der Waals surface area contributed by atoms with Gasteiger partial charge in [0.1, 0.15) is 22.9 Å². The number of anilines is 2. The van der Waals surface area contributed by atoms with Gasteiger partial charge in [-0.05, 0) is 49.4 Å². The molecule has 0 bridgehead atoms. The van der Waals surface area contributed by atoms with Gasteiger partial charge in [-0.3, -0.25) is 4.79 Å². The topological polar surface area (TPSA) is 67.3 Å². The van der Waals surface area contributed by atoms with Crippen LogP contribution in [-0.4, -0.2) is 41.3 Å². The van der Waals surface area contributed by atoms with Gasteiger partial charge in [0.05, 0.1) is 12.4 Å². The van der Waals surface area contributed by atoms with Gasteiger partial charge in [0.2, 0.25) is 5.91 Å². The van der Waals surface area contributed by atoms with E-state index in [1.54, 1.807) is 6.33 Å². The number of rotatable bonds is 7. The Morgan fingerprint density at radius 3 is 2.61 bits per heavy atom. The Morgan fingerprint density at radius 2 is 1.93 bits per heavy atom. The summed E-state index contributed by atoms with van der Waals surface area (Å²) < 4.78 is 5.41. The standard InChI is InChI=1S/C21H28N4O2S/c1-4-27-18-7-5-17(6-8-18)24-20(26)13-28-21-10-19(22-14-23-21)25-11-15(2)9-16(3)12-25/h5-8,10,14-16H,4,9,11-13H2,1-3H3,(H,24,26)/t15-,16-/m1/s1. The lowest BCUT2D eigenvalue weighted by Crippen LogP contribution is -2.39. The van der Waals surface area contributed by atoms with Gasteiger partial charge >= 0.3 is 0 Å². The minimum absolute atomic E-state index is 0.0606. The van der Waals surface area contributed by atoms with Crippen LogP contribution in [0.15, 0.2) is 41.7 Å². The van der Waals surface area contributed by atoms with Crippen molar-refractivity contribution in [2.75, 3.05) is 35.7 Å². The van der Waals surface area contributed by atoms with E-state index in [0.29, 0.717) is 24.2 Å². The Morgan fingerprint density at radius 1 is 1.21 bits per heavy atom. The summed E-state index contributed by atoms with van der Waals surface area (Å²) in [4.78, 5) is 23.3. The predicted molar refractivity (Wildman–Crippen MR) is 114 cm³/mol. The van der Waals surface area contributed by atoms with Crippen LogP contribution in [0.25, 0.3) is 0 Å². The molecule has 3 rings (SSSR count). The van der Waals surface area contributed by atoms with Gasteiger partial charge in [-0.2, -0.15) is 0 Å². The molecule has 0 spiro atoms. The minimum atomic E-state index is -0.0606. The first kappa shape index (κ1) is 20.5. The highest BCUT2D eigenvalue weighted by atomic mass is 32.2. The molecule has 1 saturated heterocycles. The fraction of sp³-hybridized carbons (Fsp3) is 0.476. The molecule has 2 heterocycles. The van der Waals surface area contributed by atoms with E-state index in [-0.39, 0.29) is 5.91 Å². The predicted octanol–water partition coefficient (Wildman–Crippen LogP) is 4.09. The number of carbonyl (C=O) groups is 1. The molecule has 1 N–H and O–H groups in total. The lowest BCUT2D eigenvalue weighted by molar-refractivity contribution is -0.113. The third-order valence-corrected chi connectivity index (χ3v) is 5.55. The van der Waals surface area contributed by atoms with E-state index in [0.717, 1.165) is 35.4 Å². The zero-order chi connectivity index (χ0) is 19.9. The molecule has 150 valence electrons. The maximum absolute atomic E-state index is 12.3. The van der Waals surface area contributed by atoms with Crippen LogP contribution in [-0.2, 0) is 4.79 Å². The molecule has 1 fully saturated rings. The fourth-order valence-electron chi connectivity index (χ4n) is 3.57. The van der Waals surface area contributed by atoms with Crippen molar-refractivity contribution in [3.05, 3.63) is 36.7 Å². The molecule has 28 heavy (non-hydrogen) atoms. The number of piperidine rings is 1. The summed E-state index contributed by atoms with van der Waals surface area (Å²) in [7, 11) is 0. The number of ether oxygens (including phenoxy) is 1. The molecule has 0 unspecified atom stereocenters. The first-order valence-corrected chi connectivity index (χ1v) is 10.7. The number of carbonyl (C=O) groups excluding carboxylic acids is 1. The average molecular weight is 401 g/mol. The fourth-order valence-corrected chi connectivity index (χ4v) is 4.23. The van der Waals surface area contributed by atoms with Gasteiger partial charge in [0, 0.05) is 24.8 Å². The van der Waals surface area contributed by atoms with Crippen LogP contribution >= 0.6 is 11.8 Å². The third-order valence-electron chi connectivity index (χ3n) is 4.62. The SMILES string of the molecule is CCOc1ccc(NC(=O)CSc2cc(N3C[C@H](C)C[C@@H](C)C3)ncn2)cc1. The summed E-state index contributed by atoms with van der Waals surface area (Å²) in [5.74, 6) is 3.31. The smallest absolute Gasteiger partial charge is 0.234 e. The molecule has 1 amide bonds. The van der Waals surface area contributed by atoms with Crippen molar-refractivity contribution in [3.8, 4) is 5.75 Å². The number of nitrogens with one attached hydrogen (secondary N) is 1.